The summed E-state index contributed by atoms with van der Waals surface area (Å²) in [6.45, 7) is 5.95. The Labute approximate surface area is 191 Å². The van der Waals surface area contributed by atoms with E-state index in [2.05, 4.69) is 38.0 Å². The maximum atomic E-state index is 11.8. The highest BCUT2D eigenvalue weighted by Gasteiger charge is 2.24. The van der Waals surface area contributed by atoms with E-state index in [0.29, 0.717) is 19.1 Å². The predicted molar refractivity (Wildman–Crippen MR) is 129 cm³/mol. The number of rotatable bonds is 10. The van der Waals surface area contributed by atoms with Gasteiger partial charge in [0.2, 0.25) is 10.0 Å². The Balaban J connectivity index is 0.00000392. The van der Waals surface area contributed by atoms with Gasteiger partial charge < -0.3 is 10.6 Å². The smallest absolute Gasteiger partial charge is 0.213 e. The molecule has 0 bridgehead atoms. The van der Waals surface area contributed by atoms with Crippen LogP contribution >= 0.6 is 35.3 Å². The summed E-state index contributed by atoms with van der Waals surface area (Å²) in [5.74, 6) is 0.901. The van der Waals surface area contributed by atoms with Crippen LogP contribution in [0.25, 0.3) is 0 Å². The van der Waals surface area contributed by atoms with Crippen molar-refractivity contribution in [3.8, 4) is 0 Å². The van der Waals surface area contributed by atoms with Crippen LogP contribution < -0.4 is 10.6 Å². The zero-order valence-electron chi connectivity index (χ0n) is 17.1. The van der Waals surface area contributed by atoms with E-state index in [-0.39, 0.29) is 29.7 Å². The Morgan fingerprint density at radius 1 is 1.36 bits per heavy atom. The van der Waals surface area contributed by atoms with E-state index in [4.69, 9.17) is 0 Å². The van der Waals surface area contributed by atoms with E-state index in [1.54, 1.807) is 32.4 Å². The molecule has 1 aliphatic rings. The molecule has 7 nitrogen and oxygen atoms in total. The summed E-state index contributed by atoms with van der Waals surface area (Å²) in [4.78, 5) is 8.22. The summed E-state index contributed by atoms with van der Waals surface area (Å²) < 4.78 is 25.0. The molecule has 2 rings (SSSR count). The number of likely N-dealkylation sites (tertiary alicyclic amines) is 1. The van der Waals surface area contributed by atoms with Crippen molar-refractivity contribution < 1.29 is 8.42 Å². The van der Waals surface area contributed by atoms with Crippen LogP contribution in [0.15, 0.2) is 22.5 Å². The molecule has 1 fully saturated rings. The van der Waals surface area contributed by atoms with E-state index in [9.17, 15) is 8.42 Å². The summed E-state index contributed by atoms with van der Waals surface area (Å²) >= 11 is 1.80. The van der Waals surface area contributed by atoms with Crippen molar-refractivity contribution in [2.24, 2.45) is 4.99 Å². The quantitative estimate of drug-likeness (QED) is 0.205. The van der Waals surface area contributed by atoms with E-state index >= 15 is 0 Å². The molecule has 0 amide bonds. The minimum atomic E-state index is -3.11. The fourth-order valence-corrected chi connectivity index (χ4v) is 4.93. The highest BCUT2D eigenvalue weighted by molar-refractivity contribution is 14.0. The second kappa shape index (κ2) is 13.0. The largest absolute Gasteiger partial charge is 0.356 e. The number of nitrogens with zero attached hydrogens (tertiary/aromatic N) is 3. The normalized spacial score (nSPS) is 16.8. The zero-order chi connectivity index (χ0) is 19.7. The van der Waals surface area contributed by atoms with Gasteiger partial charge in [-0.15, -0.1) is 35.3 Å². The van der Waals surface area contributed by atoms with Crippen molar-refractivity contribution in [1.29, 1.82) is 0 Å². The van der Waals surface area contributed by atoms with Gasteiger partial charge in [-0.2, -0.15) is 0 Å². The Kier molecular flexibility index (Phi) is 11.9. The van der Waals surface area contributed by atoms with Gasteiger partial charge in [0.15, 0.2) is 5.96 Å². The third-order valence-electron chi connectivity index (χ3n) is 4.92. The molecule has 2 heterocycles. The number of nitrogens with one attached hydrogen (secondary N) is 2. The van der Waals surface area contributed by atoms with Crippen LogP contribution in [0, 0.1) is 0 Å². The number of aliphatic imine (C=N–C) groups is 1. The summed E-state index contributed by atoms with van der Waals surface area (Å²) in [5.41, 5.74) is 0. The first-order chi connectivity index (χ1) is 13.0. The maximum Gasteiger partial charge on any atom is 0.213 e. The molecule has 0 radical (unpaired) electrons. The average Bonchev–Trinajstić information content (AvgIpc) is 3.37. The molecule has 0 aromatic carbocycles. The predicted octanol–water partition coefficient (Wildman–Crippen LogP) is 2.34. The van der Waals surface area contributed by atoms with Gasteiger partial charge in [0.05, 0.1) is 11.8 Å². The summed E-state index contributed by atoms with van der Waals surface area (Å²) in [6, 6.07) is 4.68. The van der Waals surface area contributed by atoms with Gasteiger partial charge in [-0.25, -0.2) is 12.7 Å². The first-order valence-corrected chi connectivity index (χ1v) is 12.1. The van der Waals surface area contributed by atoms with E-state index < -0.39 is 10.0 Å². The molecule has 1 unspecified atom stereocenters. The van der Waals surface area contributed by atoms with E-state index in [0.717, 1.165) is 32.0 Å². The van der Waals surface area contributed by atoms with Crippen molar-refractivity contribution in [3.63, 3.8) is 0 Å². The molecule has 1 aliphatic heterocycles. The molecule has 1 saturated heterocycles. The number of hydrogen-bond acceptors (Lipinski definition) is 5. The molecular formula is C18H34IN5O2S2. The Morgan fingerprint density at radius 3 is 2.64 bits per heavy atom. The SMILES string of the molecule is CCS(=O)(=O)N(C)CCCNC(=NC)NCC(c1cccs1)N1CCCC1.I. The number of guanidine groups is 1. The molecule has 28 heavy (non-hydrogen) atoms. The summed E-state index contributed by atoms with van der Waals surface area (Å²) in [6.07, 6.45) is 3.27. The van der Waals surface area contributed by atoms with Gasteiger partial charge in [0.25, 0.3) is 0 Å². The first kappa shape index (κ1) is 25.6. The van der Waals surface area contributed by atoms with Crippen LogP contribution in [0.4, 0.5) is 0 Å². The fraction of sp³-hybridized carbons (Fsp3) is 0.722. The standard InChI is InChI=1S/C18H33N5O2S2.HI/c1-4-27(24,25)22(3)11-8-10-20-18(19-2)21-15-16(17-9-7-14-26-17)23-12-5-6-13-23;/h7,9,14,16H,4-6,8,10-13,15H2,1-3H3,(H2,19,20,21);1H. The molecular weight excluding hydrogens is 509 g/mol. The Hall–Kier alpha value is -0.430. The van der Waals surface area contributed by atoms with Crippen molar-refractivity contribution in [2.75, 3.05) is 52.6 Å². The zero-order valence-corrected chi connectivity index (χ0v) is 21.0. The average molecular weight is 544 g/mol. The van der Waals surface area contributed by atoms with Gasteiger partial charge in [-0.1, -0.05) is 6.07 Å². The summed E-state index contributed by atoms with van der Waals surface area (Å²) in [7, 11) is 0.290. The number of thiophene rings is 1. The number of sulfonamides is 1. The van der Waals surface area contributed by atoms with Crippen LogP contribution in [-0.2, 0) is 10.0 Å². The van der Waals surface area contributed by atoms with Gasteiger partial charge in [-0.05, 0) is 50.7 Å². The fourth-order valence-electron chi connectivity index (χ4n) is 3.23. The lowest BCUT2D eigenvalue weighted by Gasteiger charge is -2.27. The highest BCUT2D eigenvalue weighted by Crippen LogP contribution is 2.27. The molecule has 0 aliphatic carbocycles. The van der Waals surface area contributed by atoms with Crippen molar-refractivity contribution in [3.05, 3.63) is 22.4 Å². The molecule has 162 valence electrons. The Bertz CT molecular complexity index is 676. The highest BCUT2D eigenvalue weighted by atomic mass is 127. The lowest BCUT2D eigenvalue weighted by molar-refractivity contribution is 0.249. The van der Waals surface area contributed by atoms with Gasteiger partial charge in [-0.3, -0.25) is 9.89 Å². The molecule has 1 atom stereocenters. The second-order valence-electron chi connectivity index (χ2n) is 6.73. The molecule has 10 heteroatoms. The van der Waals surface area contributed by atoms with Crippen LogP contribution in [0.1, 0.15) is 37.1 Å². The molecule has 1 aromatic heterocycles. The molecule has 0 saturated carbocycles. The minimum Gasteiger partial charge on any atom is -0.356 e. The lowest BCUT2D eigenvalue weighted by atomic mass is 10.2. The van der Waals surface area contributed by atoms with E-state index in [1.165, 1.54) is 22.0 Å². The van der Waals surface area contributed by atoms with Crippen LogP contribution in [0.2, 0.25) is 0 Å². The third kappa shape index (κ3) is 7.77. The van der Waals surface area contributed by atoms with E-state index in [1.807, 2.05) is 0 Å². The Morgan fingerprint density at radius 2 is 2.07 bits per heavy atom. The van der Waals surface area contributed by atoms with Crippen LogP contribution in [0.3, 0.4) is 0 Å². The number of hydrogen-bond donors (Lipinski definition) is 2. The lowest BCUT2D eigenvalue weighted by Crippen LogP contribution is -2.43. The van der Waals surface area contributed by atoms with Crippen molar-refractivity contribution in [2.45, 2.75) is 32.2 Å². The topological polar surface area (TPSA) is 77.0 Å². The third-order valence-corrected chi connectivity index (χ3v) is 7.76. The monoisotopic (exact) mass is 543 g/mol. The van der Waals surface area contributed by atoms with Gasteiger partial charge in [0.1, 0.15) is 0 Å². The second-order valence-corrected chi connectivity index (χ2v) is 10.1. The molecule has 1 aromatic rings. The molecule has 0 spiro atoms. The summed E-state index contributed by atoms with van der Waals surface area (Å²) in [5, 5.41) is 8.86. The van der Waals surface area contributed by atoms with Crippen LogP contribution in [-0.4, -0.2) is 76.2 Å². The van der Waals surface area contributed by atoms with Gasteiger partial charge in [0, 0.05) is 38.6 Å². The van der Waals surface area contributed by atoms with Crippen molar-refractivity contribution in [1.82, 2.24) is 19.8 Å². The maximum absolute atomic E-state index is 11.8. The van der Waals surface area contributed by atoms with Crippen LogP contribution in [0.5, 0.6) is 0 Å². The number of halogens is 1. The first-order valence-electron chi connectivity index (χ1n) is 9.64. The molecule has 2 N–H and O–H groups in total. The minimum absolute atomic E-state index is 0. The van der Waals surface area contributed by atoms with Crippen molar-refractivity contribution >= 4 is 51.3 Å². The van der Waals surface area contributed by atoms with Gasteiger partial charge >= 0.3 is 0 Å².